The number of carbonyl (C=O) groups is 3. The summed E-state index contributed by atoms with van der Waals surface area (Å²) in [5.41, 5.74) is -0.0409. The van der Waals surface area contributed by atoms with E-state index in [0.29, 0.717) is 5.56 Å². The Bertz CT molecular complexity index is 1260. The molecule has 2 amide bonds. The van der Waals surface area contributed by atoms with Crippen molar-refractivity contribution in [3.8, 4) is 0 Å². The number of β-lactam (4-membered cyclic amide) rings is 1. The number of carboxylic acid groups (broad SMARTS) is 1. The molecule has 1 aromatic heterocycles. The van der Waals surface area contributed by atoms with Crippen LogP contribution in [0.5, 0.6) is 0 Å². The Labute approximate surface area is 275 Å². The van der Waals surface area contributed by atoms with Crippen molar-refractivity contribution in [1.82, 2.24) is 30.8 Å². The Kier molecular flexibility index (Phi) is 13.2. The molecule has 198 valence electrons. The summed E-state index contributed by atoms with van der Waals surface area (Å²) in [7, 11) is -4.39. The second-order valence-corrected chi connectivity index (χ2v) is 12.0. The van der Waals surface area contributed by atoms with Gasteiger partial charge in [-0.3, -0.25) is 14.5 Å². The summed E-state index contributed by atoms with van der Waals surface area (Å²) >= 11 is 2.01. The molecule has 5 atom stereocenters. The molecule has 3 unspecified atom stereocenters. The number of nitrogens with zero attached hydrogens (tertiary/aromatic N) is 4. The van der Waals surface area contributed by atoms with Crippen LogP contribution in [0.4, 0.5) is 0 Å². The number of aromatic amines is 1. The molecule has 19 heteroatoms. The summed E-state index contributed by atoms with van der Waals surface area (Å²) in [6.07, 6.45) is -2.11. The molecule has 39 heavy (non-hydrogen) atoms. The van der Waals surface area contributed by atoms with Crippen molar-refractivity contribution in [2.75, 3.05) is 18.5 Å². The molecule has 0 spiro atoms. The third-order valence-corrected chi connectivity index (χ3v) is 9.68. The van der Waals surface area contributed by atoms with Gasteiger partial charge in [0.05, 0.1) is 18.3 Å². The molecular weight excluding hydrogens is 593 g/mol. The zero-order chi connectivity index (χ0) is 26.7. The smallest absolute Gasteiger partial charge is 0.778 e. The molecule has 0 bridgehead atoms. The van der Waals surface area contributed by atoms with Crippen molar-refractivity contribution in [3.63, 3.8) is 0 Å². The maximum Gasteiger partial charge on any atom is 1.00 e. The van der Waals surface area contributed by atoms with Crippen LogP contribution in [0.3, 0.4) is 0 Å². The number of hydrogen-bond donors (Lipinski definition) is 3. The van der Waals surface area contributed by atoms with Crippen molar-refractivity contribution in [2.45, 2.75) is 34.8 Å². The third-order valence-electron chi connectivity index (χ3n) is 5.54. The minimum Gasteiger partial charge on any atom is -0.778 e. The standard InChI is InChI=1S/C20H23N6O8PS2.2Na/c1-2-34-35(32,33)8-12(37-20-22-24-25-23-20)11-9-36-18-13(17(29)26(18)14(11)19(30)31)21-16(28)15(27)10-6-4-3-5-7-10;;/h3-7,12-13,15,18,27H,2,8-9H2,1H3,(H,21,28)(H,30,31)(H,32,33)(H,22,23,24,25);;/q;2*+1/p-2/t12?,13-,15?,18+;;/m1../s1. The molecule has 0 radical (unpaired) electrons. The molecule has 3 N–H and O–H groups in total. The molecule has 14 nitrogen and oxygen atoms in total. The molecule has 2 aliphatic heterocycles. The number of tetrazole rings is 1. The maximum absolute atomic E-state index is 13.0. The van der Waals surface area contributed by atoms with Gasteiger partial charge in [-0.1, -0.05) is 42.1 Å². The van der Waals surface area contributed by atoms with E-state index in [2.05, 4.69) is 25.9 Å². The number of H-pyrrole nitrogens is 1. The number of thioether (sulfide) groups is 2. The molecule has 1 aromatic carbocycles. The molecule has 3 heterocycles. The minimum absolute atomic E-state index is 0. The van der Waals surface area contributed by atoms with E-state index in [4.69, 9.17) is 4.52 Å². The molecule has 2 aromatic rings. The summed E-state index contributed by atoms with van der Waals surface area (Å²) in [5, 5.41) is 36.4. The van der Waals surface area contributed by atoms with Crippen LogP contribution in [0.15, 0.2) is 46.8 Å². The number of aliphatic carboxylic acids is 1. The van der Waals surface area contributed by atoms with Gasteiger partial charge in [-0.05, 0) is 28.5 Å². The van der Waals surface area contributed by atoms with Gasteiger partial charge < -0.3 is 34.3 Å². The van der Waals surface area contributed by atoms with E-state index in [1.54, 1.807) is 30.3 Å². The number of hydrogen-bond acceptors (Lipinski definition) is 13. The van der Waals surface area contributed by atoms with E-state index >= 15 is 0 Å². The van der Waals surface area contributed by atoms with E-state index in [1.165, 1.54) is 6.92 Å². The fourth-order valence-corrected chi connectivity index (χ4v) is 8.19. The van der Waals surface area contributed by atoms with Gasteiger partial charge in [-0.25, -0.2) is 5.10 Å². The van der Waals surface area contributed by atoms with Crippen molar-refractivity contribution in [3.05, 3.63) is 47.2 Å². The molecular formula is C20H21N6Na2O8PS2. The van der Waals surface area contributed by atoms with Gasteiger partial charge in [0.25, 0.3) is 11.8 Å². The average molecular weight is 615 g/mol. The van der Waals surface area contributed by atoms with Gasteiger partial charge in [0.1, 0.15) is 19.0 Å². The maximum atomic E-state index is 13.0. The molecule has 4 rings (SSSR count). The minimum atomic E-state index is -4.39. The van der Waals surface area contributed by atoms with Crippen LogP contribution in [0, 0.1) is 0 Å². The van der Waals surface area contributed by atoms with E-state index in [1.807, 2.05) is 0 Å². The number of amides is 2. The zero-order valence-electron chi connectivity index (χ0n) is 21.2. The second kappa shape index (κ2) is 14.9. The van der Waals surface area contributed by atoms with Gasteiger partial charge in [0, 0.05) is 17.2 Å². The summed E-state index contributed by atoms with van der Waals surface area (Å²) in [6, 6.07) is 7.02. The van der Waals surface area contributed by atoms with Crippen LogP contribution < -0.4 is 74.4 Å². The van der Waals surface area contributed by atoms with Crippen molar-refractivity contribution in [1.29, 1.82) is 0 Å². The van der Waals surface area contributed by atoms with E-state index in [-0.39, 0.29) is 82.2 Å². The molecule has 0 aliphatic carbocycles. The van der Waals surface area contributed by atoms with Crippen LogP contribution in [0.25, 0.3) is 0 Å². The number of aliphatic hydroxyl groups excluding tert-OH is 1. The van der Waals surface area contributed by atoms with Crippen molar-refractivity contribution < 1.29 is 97.7 Å². The Morgan fingerprint density at radius 1 is 1.36 bits per heavy atom. The first kappa shape index (κ1) is 34.5. The Morgan fingerprint density at radius 2 is 2.05 bits per heavy atom. The van der Waals surface area contributed by atoms with Crippen LogP contribution in [-0.4, -0.2) is 83.6 Å². The van der Waals surface area contributed by atoms with E-state index < -0.39 is 60.0 Å². The van der Waals surface area contributed by atoms with Gasteiger partial charge in [-0.15, -0.1) is 16.9 Å². The zero-order valence-corrected chi connectivity index (χ0v) is 27.7. The van der Waals surface area contributed by atoms with E-state index in [0.717, 1.165) is 28.4 Å². The number of benzene rings is 1. The number of carboxylic acids is 1. The fourth-order valence-electron chi connectivity index (χ4n) is 3.90. The van der Waals surface area contributed by atoms with Gasteiger partial charge >= 0.3 is 59.1 Å². The molecule has 0 saturated carbocycles. The Morgan fingerprint density at radius 3 is 2.64 bits per heavy atom. The molecule has 2 aliphatic rings. The number of fused-ring (bicyclic) bond motifs is 1. The van der Waals surface area contributed by atoms with Crippen LogP contribution >= 0.6 is 31.1 Å². The number of carbonyl (C=O) groups excluding carboxylic acids is 3. The predicted octanol–water partition coefficient (Wildman–Crippen LogP) is -7.60. The first-order valence-corrected chi connectivity index (χ1v) is 14.6. The first-order valence-electron chi connectivity index (χ1n) is 10.9. The van der Waals surface area contributed by atoms with Crippen molar-refractivity contribution >= 4 is 48.9 Å². The fraction of sp³-hybridized carbons (Fsp3) is 0.400. The number of aliphatic hydroxyl groups is 1. The van der Waals surface area contributed by atoms with Gasteiger partial charge in [0.15, 0.2) is 6.10 Å². The second-order valence-electron chi connectivity index (χ2n) is 7.89. The van der Waals surface area contributed by atoms with Crippen LogP contribution in [0.2, 0.25) is 0 Å². The monoisotopic (exact) mass is 614 g/mol. The van der Waals surface area contributed by atoms with Gasteiger partial charge in [-0.2, -0.15) is 0 Å². The summed E-state index contributed by atoms with van der Waals surface area (Å²) in [4.78, 5) is 51.1. The molecule has 1 saturated heterocycles. The summed E-state index contributed by atoms with van der Waals surface area (Å²) < 4.78 is 17.3. The van der Waals surface area contributed by atoms with Crippen LogP contribution in [0.1, 0.15) is 18.6 Å². The third kappa shape index (κ3) is 7.96. The normalized spacial score (nSPS) is 21.3. The molecule has 1 fully saturated rings. The topological polar surface area (TPSA) is 214 Å². The number of nitrogens with one attached hydrogen (secondary N) is 2. The van der Waals surface area contributed by atoms with Gasteiger partial charge in [0.2, 0.25) is 5.16 Å². The first-order chi connectivity index (χ1) is 17.6. The summed E-state index contributed by atoms with van der Waals surface area (Å²) in [5.74, 6) is -3.22. The average Bonchev–Trinajstić information content (AvgIpc) is 3.38. The van der Waals surface area contributed by atoms with Crippen molar-refractivity contribution in [2.24, 2.45) is 0 Å². The Balaban J connectivity index is 0.00000267. The van der Waals surface area contributed by atoms with Crippen LogP contribution in [-0.2, 0) is 23.5 Å². The summed E-state index contributed by atoms with van der Waals surface area (Å²) in [6.45, 7) is 1.40. The largest absolute Gasteiger partial charge is 1.00 e. The quantitative estimate of drug-likeness (QED) is 0.0930. The predicted molar refractivity (Wildman–Crippen MR) is 126 cm³/mol. The number of aromatic nitrogens is 4. The van der Waals surface area contributed by atoms with E-state index in [9.17, 15) is 34.1 Å². The Hall–Kier alpha value is -0.750. The number of rotatable bonds is 11. The SMILES string of the molecule is CCOP(=O)([O-])CC(Sc1nnn[nH]1)C1=C(C(=O)[O-])N2C(=O)[C@@H](NC(=O)C(O)c3ccccc3)[C@@H]2SC1.[Na+].[Na+].